The van der Waals surface area contributed by atoms with Crippen LogP contribution in [0.25, 0.3) is 0 Å². The maximum atomic E-state index is 12.9. The molecule has 10 heteroatoms. The molecule has 1 fully saturated rings. The summed E-state index contributed by atoms with van der Waals surface area (Å²) in [7, 11) is 0. The van der Waals surface area contributed by atoms with E-state index in [0.717, 1.165) is 11.3 Å². The SMILES string of the molecule is Cc1cc(=O)c(O)c(C2(CC(=O)NCc3cn[nH]c3C)CCN(C(=O)OC(C)(C)C)CC2)o1. The van der Waals surface area contributed by atoms with Gasteiger partial charge in [-0.15, -0.1) is 0 Å². The van der Waals surface area contributed by atoms with Gasteiger partial charge in [0.05, 0.1) is 6.20 Å². The fraction of sp³-hybridized carbons (Fsp3) is 0.565. The van der Waals surface area contributed by atoms with Crippen molar-refractivity contribution in [3.63, 3.8) is 0 Å². The maximum Gasteiger partial charge on any atom is 0.410 e. The average Bonchev–Trinajstić information content (AvgIpc) is 3.13. The van der Waals surface area contributed by atoms with Crippen LogP contribution in [0, 0.1) is 13.8 Å². The molecule has 3 N–H and O–H groups in total. The number of aromatic nitrogens is 2. The molecular weight excluding hydrogens is 428 g/mol. The molecule has 1 aliphatic rings. The van der Waals surface area contributed by atoms with Gasteiger partial charge in [-0.3, -0.25) is 14.7 Å². The summed E-state index contributed by atoms with van der Waals surface area (Å²) in [6, 6.07) is 1.21. The predicted molar refractivity (Wildman–Crippen MR) is 120 cm³/mol. The first-order chi connectivity index (χ1) is 15.4. The number of likely N-dealkylation sites (tertiary alicyclic amines) is 1. The highest BCUT2D eigenvalue weighted by Gasteiger charge is 2.44. The van der Waals surface area contributed by atoms with Crippen LogP contribution in [0.5, 0.6) is 5.75 Å². The van der Waals surface area contributed by atoms with Crippen molar-refractivity contribution >= 4 is 12.0 Å². The van der Waals surface area contributed by atoms with Gasteiger partial charge in [-0.2, -0.15) is 5.10 Å². The van der Waals surface area contributed by atoms with Gasteiger partial charge in [0.2, 0.25) is 17.1 Å². The van der Waals surface area contributed by atoms with E-state index >= 15 is 0 Å². The number of carbonyl (C=O) groups is 2. The van der Waals surface area contributed by atoms with Gasteiger partial charge in [0.1, 0.15) is 11.4 Å². The first kappa shape index (κ1) is 24.3. The quantitative estimate of drug-likeness (QED) is 0.624. The summed E-state index contributed by atoms with van der Waals surface area (Å²) in [5.74, 6) is -0.322. The summed E-state index contributed by atoms with van der Waals surface area (Å²) < 4.78 is 11.3. The lowest BCUT2D eigenvalue weighted by Crippen LogP contribution is -2.48. The number of carbonyl (C=O) groups excluding carboxylic acids is 2. The molecule has 0 aliphatic carbocycles. The predicted octanol–water partition coefficient (Wildman–Crippen LogP) is 2.66. The van der Waals surface area contributed by atoms with Crippen molar-refractivity contribution in [3.8, 4) is 5.75 Å². The molecule has 180 valence electrons. The summed E-state index contributed by atoms with van der Waals surface area (Å²) in [5.41, 5.74) is -0.404. The van der Waals surface area contributed by atoms with Crippen molar-refractivity contribution in [3.05, 3.63) is 45.3 Å². The number of aromatic amines is 1. The average molecular weight is 461 g/mol. The normalized spacial score (nSPS) is 15.8. The molecule has 10 nitrogen and oxygen atoms in total. The van der Waals surface area contributed by atoms with E-state index in [1.807, 2.05) is 6.92 Å². The standard InChI is InChI=1S/C23H32N4O6/c1-14-10-17(28)19(30)20(32-14)23(11-18(29)24-12-16-13-25-26-15(16)2)6-8-27(9-7-23)21(31)33-22(3,4)5/h10,13,30H,6-9,11-12H2,1-5H3,(H,24,29)(H,25,26). The van der Waals surface area contributed by atoms with E-state index in [1.165, 1.54) is 6.07 Å². The van der Waals surface area contributed by atoms with Crippen LogP contribution >= 0.6 is 0 Å². The highest BCUT2D eigenvalue weighted by Crippen LogP contribution is 2.42. The molecular formula is C23H32N4O6. The van der Waals surface area contributed by atoms with Crippen LogP contribution in [0.15, 0.2) is 21.5 Å². The molecule has 33 heavy (non-hydrogen) atoms. The third kappa shape index (κ3) is 5.74. The van der Waals surface area contributed by atoms with Gasteiger partial charge in [0.15, 0.2) is 5.76 Å². The molecule has 0 unspecified atom stereocenters. The van der Waals surface area contributed by atoms with Crippen molar-refractivity contribution in [2.45, 2.75) is 71.4 Å². The van der Waals surface area contributed by atoms with E-state index < -0.39 is 28.3 Å². The van der Waals surface area contributed by atoms with Gasteiger partial charge in [0, 0.05) is 48.8 Å². The Hall–Kier alpha value is -3.30. The number of nitrogens with zero attached hydrogens (tertiary/aromatic N) is 2. The van der Waals surface area contributed by atoms with Gasteiger partial charge < -0.3 is 24.5 Å². The van der Waals surface area contributed by atoms with Crippen molar-refractivity contribution < 1.29 is 23.8 Å². The molecule has 0 radical (unpaired) electrons. The number of aryl methyl sites for hydroxylation is 2. The highest BCUT2D eigenvalue weighted by molar-refractivity contribution is 5.78. The molecule has 1 aliphatic heterocycles. The number of hydrogen-bond acceptors (Lipinski definition) is 7. The molecule has 2 amide bonds. The van der Waals surface area contributed by atoms with Gasteiger partial charge in [-0.1, -0.05) is 0 Å². The van der Waals surface area contributed by atoms with E-state index in [-0.39, 0.29) is 18.1 Å². The van der Waals surface area contributed by atoms with Crippen LogP contribution in [0.2, 0.25) is 0 Å². The van der Waals surface area contributed by atoms with Crippen LogP contribution in [-0.4, -0.2) is 50.9 Å². The van der Waals surface area contributed by atoms with Gasteiger partial charge in [-0.25, -0.2) is 4.79 Å². The molecule has 1 saturated heterocycles. The molecule has 2 aromatic rings. The number of amides is 2. The third-order valence-corrected chi connectivity index (χ3v) is 5.81. The molecule has 0 atom stereocenters. The molecule has 3 heterocycles. The number of aromatic hydroxyl groups is 1. The molecule has 2 aromatic heterocycles. The van der Waals surface area contributed by atoms with Crippen molar-refractivity contribution in [2.75, 3.05) is 13.1 Å². The lowest BCUT2D eigenvalue weighted by Gasteiger charge is -2.41. The van der Waals surface area contributed by atoms with Crippen LogP contribution in [-0.2, 0) is 21.5 Å². The first-order valence-electron chi connectivity index (χ1n) is 11.0. The van der Waals surface area contributed by atoms with Crippen LogP contribution in [0.1, 0.15) is 62.8 Å². The summed E-state index contributed by atoms with van der Waals surface area (Å²) in [5, 5.41) is 20.2. The molecule has 3 rings (SSSR count). The topological polar surface area (TPSA) is 138 Å². The van der Waals surface area contributed by atoms with E-state index in [1.54, 1.807) is 38.8 Å². The second kappa shape index (κ2) is 9.29. The third-order valence-electron chi connectivity index (χ3n) is 5.81. The molecule has 0 bridgehead atoms. The number of ether oxygens (including phenoxy) is 1. The summed E-state index contributed by atoms with van der Waals surface area (Å²) >= 11 is 0. The smallest absolute Gasteiger partial charge is 0.410 e. The van der Waals surface area contributed by atoms with Crippen LogP contribution in [0.3, 0.4) is 0 Å². The fourth-order valence-electron chi connectivity index (χ4n) is 4.01. The Morgan fingerprint density at radius 1 is 1.30 bits per heavy atom. The zero-order valence-corrected chi connectivity index (χ0v) is 19.8. The second-order valence-corrected chi connectivity index (χ2v) is 9.62. The lowest BCUT2D eigenvalue weighted by atomic mass is 9.72. The minimum atomic E-state index is -0.941. The number of nitrogens with one attached hydrogen (secondary N) is 2. The van der Waals surface area contributed by atoms with Crippen LogP contribution < -0.4 is 10.7 Å². The monoisotopic (exact) mass is 460 g/mol. The van der Waals surface area contributed by atoms with Gasteiger partial charge in [-0.05, 0) is 47.5 Å². The van der Waals surface area contributed by atoms with Gasteiger partial charge in [0.25, 0.3) is 0 Å². The highest BCUT2D eigenvalue weighted by atomic mass is 16.6. The fourth-order valence-corrected chi connectivity index (χ4v) is 4.01. The Bertz CT molecular complexity index is 1070. The van der Waals surface area contributed by atoms with Crippen molar-refractivity contribution in [1.29, 1.82) is 0 Å². The molecule has 0 spiro atoms. The van der Waals surface area contributed by atoms with Gasteiger partial charge >= 0.3 is 6.09 Å². The van der Waals surface area contributed by atoms with E-state index in [9.17, 15) is 19.5 Å². The van der Waals surface area contributed by atoms with E-state index in [0.29, 0.717) is 38.2 Å². The molecule has 0 saturated carbocycles. The minimum Gasteiger partial charge on any atom is -0.502 e. The summed E-state index contributed by atoms with van der Waals surface area (Å²) in [6.45, 7) is 9.75. The Kier molecular flexibility index (Phi) is 6.85. The zero-order valence-electron chi connectivity index (χ0n) is 19.8. The van der Waals surface area contributed by atoms with E-state index in [4.69, 9.17) is 9.15 Å². The number of rotatable bonds is 5. The Morgan fingerprint density at radius 2 is 1.97 bits per heavy atom. The Balaban J connectivity index is 1.83. The van der Waals surface area contributed by atoms with Crippen LogP contribution in [0.4, 0.5) is 4.79 Å². The molecule has 0 aromatic carbocycles. The second-order valence-electron chi connectivity index (χ2n) is 9.62. The number of hydrogen-bond donors (Lipinski definition) is 3. The number of piperidine rings is 1. The minimum absolute atomic E-state index is 0.00793. The zero-order chi connectivity index (χ0) is 24.4. The van der Waals surface area contributed by atoms with Crippen molar-refractivity contribution in [2.24, 2.45) is 0 Å². The summed E-state index contributed by atoms with van der Waals surface area (Å²) in [4.78, 5) is 39.3. The van der Waals surface area contributed by atoms with Crippen molar-refractivity contribution in [1.82, 2.24) is 20.4 Å². The Morgan fingerprint density at radius 3 is 2.55 bits per heavy atom. The number of H-pyrrole nitrogens is 1. The Labute approximate surface area is 192 Å². The maximum absolute atomic E-state index is 12.9. The summed E-state index contributed by atoms with van der Waals surface area (Å²) in [6.07, 6.45) is 1.85. The first-order valence-corrected chi connectivity index (χ1v) is 11.0. The van der Waals surface area contributed by atoms with E-state index in [2.05, 4.69) is 15.5 Å². The largest absolute Gasteiger partial charge is 0.502 e. The lowest BCUT2D eigenvalue weighted by molar-refractivity contribution is -0.123.